The smallest absolute Gasteiger partial charge is 0.160 e. The van der Waals surface area contributed by atoms with Crippen molar-refractivity contribution in [1.82, 2.24) is 9.97 Å². The van der Waals surface area contributed by atoms with Gasteiger partial charge in [0.1, 0.15) is 24.7 Å². The highest BCUT2D eigenvalue weighted by molar-refractivity contribution is 5.72. The standard InChI is InChI=1S/C28H20N2O2/c1-3-16-31-24-14-8-12-22(18-24)26-20-27(23-13-9-15-25(19-23)32-17-4-2)30-28(29-26)21-10-6-5-7-11-21/h1-2,5-15,18-20H,16-17H2. The van der Waals surface area contributed by atoms with E-state index in [0.717, 1.165) is 28.1 Å². The molecule has 0 unspecified atom stereocenters. The Morgan fingerprint density at radius 3 is 1.59 bits per heavy atom. The molecule has 0 fully saturated rings. The molecule has 0 aliphatic carbocycles. The number of rotatable bonds is 7. The van der Waals surface area contributed by atoms with E-state index in [9.17, 15) is 0 Å². The summed E-state index contributed by atoms with van der Waals surface area (Å²) in [6.07, 6.45) is 10.6. The summed E-state index contributed by atoms with van der Waals surface area (Å²) < 4.78 is 11.2. The van der Waals surface area contributed by atoms with E-state index in [1.165, 1.54) is 0 Å². The zero-order valence-corrected chi connectivity index (χ0v) is 17.4. The van der Waals surface area contributed by atoms with Gasteiger partial charge in [0.05, 0.1) is 11.4 Å². The molecule has 3 aromatic carbocycles. The molecule has 4 rings (SSSR count). The van der Waals surface area contributed by atoms with E-state index in [2.05, 4.69) is 11.8 Å². The summed E-state index contributed by atoms with van der Waals surface area (Å²) in [4.78, 5) is 9.66. The minimum atomic E-state index is 0.207. The summed E-state index contributed by atoms with van der Waals surface area (Å²) in [6, 6.07) is 27.2. The molecule has 4 heteroatoms. The lowest BCUT2D eigenvalue weighted by molar-refractivity contribution is 0.370. The Morgan fingerprint density at radius 1 is 0.594 bits per heavy atom. The first-order chi connectivity index (χ1) is 15.8. The van der Waals surface area contributed by atoms with E-state index >= 15 is 0 Å². The normalized spacial score (nSPS) is 10.1. The van der Waals surface area contributed by atoms with Gasteiger partial charge in [0, 0.05) is 16.7 Å². The van der Waals surface area contributed by atoms with Crippen molar-refractivity contribution in [3.63, 3.8) is 0 Å². The quantitative estimate of drug-likeness (QED) is 0.373. The third kappa shape index (κ3) is 4.95. The fourth-order valence-electron chi connectivity index (χ4n) is 3.20. The minimum absolute atomic E-state index is 0.207. The molecule has 0 atom stereocenters. The van der Waals surface area contributed by atoms with Crippen molar-refractivity contribution in [3.05, 3.63) is 84.9 Å². The van der Waals surface area contributed by atoms with E-state index in [0.29, 0.717) is 17.3 Å². The van der Waals surface area contributed by atoms with Gasteiger partial charge in [0.15, 0.2) is 5.82 Å². The Morgan fingerprint density at radius 2 is 1.09 bits per heavy atom. The molecule has 1 heterocycles. The summed E-state index contributed by atoms with van der Waals surface area (Å²) in [5, 5.41) is 0. The Labute approximate surface area is 187 Å². The molecule has 0 saturated carbocycles. The van der Waals surface area contributed by atoms with Gasteiger partial charge in [-0.05, 0) is 30.3 Å². The first-order valence-corrected chi connectivity index (χ1v) is 10.0. The molecule has 0 amide bonds. The highest BCUT2D eigenvalue weighted by Gasteiger charge is 2.12. The number of aromatic nitrogens is 2. The van der Waals surface area contributed by atoms with Gasteiger partial charge in [-0.25, -0.2) is 9.97 Å². The van der Waals surface area contributed by atoms with Crippen LogP contribution in [0.1, 0.15) is 0 Å². The molecule has 0 radical (unpaired) electrons. The molecule has 0 spiro atoms. The maximum absolute atomic E-state index is 5.59. The van der Waals surface area contributed by atoms with Crippen LogP contribution in [0.2, 0.25) is 0 Å². The first-order valence-electron chi connectivity index (χ1n) is 10.0. The highest BCUT2D eigenvalue weighted by Crippen LogP contribution is 2.30. The van der Waals surface area contributed by atoms with Crippen LogP contribution in [0.4, 0.5) is 0 Å². The van der Waals surface area contributed by atoms with E-state index in [1.807, 2.05) is 84.9 Å². The second kappa shape index (κ2) is 9.98. The topological polar surface area (TPSA) is 44.2 Å². The van der Waals surface area contributed by atoms with Crippen LogP contribution in [0.25, 0.3) is 33.9 Å². The number of nitrogens with zero attached hydrogens (tertiary/aromatic N) is 2. The number of hydrogen-bond donors (Lipinski definition) is 0. The highest BCUT2D eigenvalue weighted by atomic mass is 16.5. The van der Waals surface area contributed by atoms with Crippen molar-refractivity contribution in [3.8, 4) is 70.1 Å². The van der Waals surface area contributed by atoms with Crippen LogP contribution in [0, 0.1) is 24.7 Å². The van der Waals surface area contributed by atoms with Gasteiger partial charge in [-0.3, -0.25) is 0 Å². The lowest BCUT2D eigenvalue weighted by Crippen LogP contribution is -1.98. The second-order valence-corrected chi connectivity index (χ2v) is 6.87. The minimum Gasteiger partial charge on any atom is -0.481 e. The van der Waals surface area contributed by atoms with E-state index in [1.54, 1.807) is 0 Å². The zero-order chi connectivity index (χ0) is 22.2. The SMILES string of the molecule is C#CCOc1cccc(-c2cc(-c3cccc(OCC#C)c3)nc(-c3ccccc3)n2)c1. The van der Waals surface area contributed by atoms with Crippen molar-refractivity contribution in [1.29, 1.82) is 0 Å². The summed E-state index contributed by atoms with van der Waals surface area (Å²) >= 11 is 0. The van der Waals surface area contributed by atoms with Gasteiger partial charge in [0.2, 0.25) is 0 Å². The largest absolute Gasteiger partial charge is 0.481 e. The van der Waals surface area contributed by atoms with Gasteiger partial charge in [0.25, 0.3) is 0 Å². The third-order valence-corrected chi connectivity index (χ3v) is 4.66. The van der Waals surface area contributed by atoms with Crippen LogP contribution in [-0.2, 0) is 0 Å². The summed E-state index contributed by atoms with van der Waals surface area (Å²) in [7, 11) is 0. The lowest BCUT2D eigenvalue weighted by atomic mass is 10.1. The summed E-state index contributed by atoms with van der Waals surface area (Å²) in [5.41, 5.74) is 4.28. The van der Waals surface area contributed by atoms with Crippen molar-refractivity contribution in [2.75, 3.05) is 13.2 Å². The Balaban J connectivity index is 1.81. The molecule has 4 aromatic rings. The van der Waals surface area contributed by atoms with Crippen molar-refractivity contribution >= 4 is 0 Å². The summed E-state index contributed by atoms with van der Waals surface area (Å²) in [6.45, 7) is 0.413. The maximum atomic E-state index is 5.59. The fourth-order valence-corrected chi connectivity index (χ4v) is 3.20. The van der Waals surface area contributed by atoms with Crippen LogP contribution in [0.5, 0.6) is 11.5 Å². The number of terminal acetylenes is 2. The zero-order valence-electron chi connectivity index (χ0n) is 17.4. The number of ether oxygens (including phenoxy) is 2. The van der Waals surface area contributed by atoms with Gasteiger partial charge in [-0.2, -0.15) is 0 Å². The third-order valence-electron chi connectivity index (χ3n) is 4.66. The number of hydrogen-bond acceptors (Lipinski definition) is 4. The van der Waals surface area contributed by atoms with Gasteiger partial charge < -0.3 is 9.47 Å². The molecule has 1 aromatic heterocycles. The van der Waals surface area contributed by atoms with E-state index < -0.39 is 0 Å². The van der Waals surface area contributed by atoms with Crippen LogP contribution in [-0.4, -0.2) is 23.2 Å². The molecule has 4 nitrogen and oxygen atoms in total. The van der Waals surface area contributed by atoms with Gasteiger partial charge in [-0.15, -0.1) is 12.8 Å². The molecule has 0 bridgehead atoms. The molecular weight excluding hydrogens is 396 g/mol. The predicted octanol–water partition coefficient (Wildman–Crippen LogP) is 5.50. The summed E-state index contributed by atoms with van der Waals surface area (Å²) in [5.74, 6) is 6.97. The average Bonchev–Trinajstić information content (AvgIpc) is 2.87. The lowest BCUT2D eigenvalue weighted by Gasteiger charge is -2.11. The molecular formula is C28H20N2O2. The molecule has 154 valence electrons. The Bertz CT molecular complexity index is 1220. The van der Waals surface area contributed by atoms with E-state index in [4.69, 9.17) is 32.3 Å². The fraction of sp³-hybridized carbons (Fsp3) is 0.0714. The van der Waals surface area contributed by atoms with Crippen LogP contribution in [0.3, 0.4) is 0 Å². The molecule has 32 heavy (non-hydrogen) atoms. The van der Waals surface area contributed by atoms with Crippen molar-refractivity contribution in [2.24, 2.45) is 0 Å². The first kappa shape index (κ1) is 20.7. The molecule has 0 saturated heterocycles. The number of benzene rings is 3. The maximum Gasteiger partial charge on any atom is 0.160 e. The Kier molecular flexibility index (Phi) is 6.46. The van der Waals surface area contributed by atoms with Crippen LogP contribution in [0.15, 0.2) is 84.9 Å². The molecule has 0 aliphatic heterocycles. The molecule has 0 N–H and O–H groups in total. The Hall–Kier alpha value is -4.54. The van der Waals surface area contributed by atoms with Gasteiger partial charge >= 0.3 is 0 Å². The van der Waals surface area contributed by atoms with Crippen LogP contribution < -0.4 is 9.47 Å². The van der Waals surface area contributed by atoms with Crippen molar-refractivity contribution in [2.45, 2.75) is 0 Å². The monoisotopic (exact) mass is 416 g/mol. The average molecular weight is 416 g/mol. The molecule has 0 aliphatic rings. The van der Waals surface area contributed by atoms with E-state index in [-0.39, 0.29) is 13.2 Å². The predicted molar refractivity (Wildman–Crippen MR) is 127 cm³/mol. The van der Waals surface area contributed by atoms with Crippen molar-refractivity contribution < 1.29 is 9.47 Å². The van der Waals surface area contributed by atoms with Gasteiger partial charge in [-0.1, -0.05) is 66.4 Å². The second-order valence-electron chi connectivity index (χ2n) is 6.87. The van der Waals surface area contributed by atoms with Crippen LogP contribution >= 0.6 is 0 Å².